The third kappa shape index (κ3) is 5.04. The van der Waals surface area contributed by atoms with Gasteiger partial charge in [-0.3, -0.25) is 9.10 Å². The van der Waals surface area contributed by atoms with Crippen molar-refractivity contribution in [2.45, 2.75) is 19.8 Å². The van der Waals surface area contributed by atoms with Crippen molar-refractivity contribution in [1.82, 2.24) is 10.3 Å². The Morgan fingerprint density at radius 1 is 1.29 bits per heavy atom. The van der Waals surface area contributed by atoms with Crippen LogP contribution in [0.15, 0.2) is 29.6 Å². The van der Waals surface area contributed by atoms with E-state index in [2.05, 4.69) is 10.3 Å². The predicted molar refractivity (Wildman–Crippen MR) is 97.2 cm³/mol. The summed E-state index contributed by atoms with van der Waals surface area (Å²) in [6.45, 7) is 2.54. The summed E-state index contributed by atoms with van der Waals surface area (Å²) >= 11 is 1.63. The molecule has 0 bridgehead atoms. The standard InChI is InChI=1S/C16H21N3O3S2/c1-12-11-23-15(18-12)5-4-10-17-16(20)13-6-8-14(9-7-13)19(2)24(3,21)22/h6-9,11H,4-5,10H2,1-3H3,(H,17,20). The second-order valence-corrected chi connectivity index (χ2v) is 8.48. The summed E-state index contributed by atoms with van der Waals surface area (Å²) in [5.74, 6) is -0.168. The zero-order valence-electron chi connectivity index (χ0n) is 13.9. The summed E-state index contributed by atoms with van der Waals surface area (Å²) < 4.78 is 24.1. The van der Waals surface area contributed by atoms with E-state index < -0.39 is 10.0 Å². The molecule has 1 aromatic heterocycles. The Hall–Kier alpha value is -1.93. The van der Waals surface area contributed by atoms with Crippen LogP contribution in [0.3, 0.4) is 0 Å². The molecule has 0 atom stereocenters. The molecular formula is C16H21N3O3S2. The minimum Gasteiger partial charge on any atom is -0.352 e. The van der Waals surface area contributed by atoms with Crippen molar-refractivity contribution in [3.8, 4) is 0 Å². The van der Waals surface area contributed by atoms with E-state index in [0.29, 0.717) is 17.8 Å². The molecule has 8 heteroatoms. The highest BCUT2D eigenvalue weighted by Gasteiger charge is 2.12. The molecule has 1 amide bonds. The molecule has 2 aromatic rings. The average molecular weight is 367 g/mol. The fourth-order valence-corrected chi connectivity index (χ4v) is 3.40. The van der Waals surface area contributed by atoms with Gasteiger partial charge in [0, 0.05) is 36.7 Å². The molecule has 1 N–H and O–H groups in total. The van der Waals surface area contributed by atoms with Crippen LogP contribution in [0.1, 0.15) is 27.5 Å². The summed E-state index contributed by atoms with van der Waals surface area (Å²) in [5, 5.41) is 5.96. The van der Waals surface area contributed by atoms with Crippen LogP contribution < -0.4 is 9.62 Å². The average Bonchev–Trinajstić information content (AvgIpc) is 2.95. The lowest BCUT2D eigenvalue weighted by Crippen LogP contribution is -2.26. The van der Waals surface area contributed by atoms with Crippen LogP contribution in [0, 0.1) is 6.92 Å². The van der Waals surface area contributed by atoms with Gasteiger partial charge >= 0.3 is 0 Å². The number of hydrogen-bond acceptors (Lipinski definition) is 5. The largest absolute Gasteiger partial charge is 0.352 e. The molecular weight excluding hydrogens is 346 g/mol. The van der Waals surface area contributed by atoms with E-state index in [0.717, 1.165) is 29.8 Å². The number of carbonyl (C=O) groups is 1. The number of nitrogens with one attached hydrogen (secondary N) is 1. The molecule has 0 aliphatic heterocycles. The molecule has 0 saturated heterocycles. The van der Waals surface area contributed by atoms with Crippen LogP contribution in [-0.2, 0) is 16.4 Å². The van der Waals surface area contributed by atoms with Gasteiger partial charge in [-0.2, -0.15) is 0 Å². The smallest absolute Gasteiger partial charge is 0.251 e. The third-order valence-corrected chi connectivity index (χ3v) is 5.74. The monoisotopic (exact) mass is 367 g/mol. The zero-order chi connectivity index (χ0) is 17.7. The Morgan fingerprint density at radius 2 is 1.96 bits per heavy atom. The lowest BCUT2D eigenvalue weighted by Gasteiger charge is -2.16. The number of hydrogen-bond donors (Lipinski definition) is 1. The highest BCUT2D eigenvalue weighted by atomic mass is 32.2. The number of carbonyl (C=O) groups excluding carboxylic acids is 1. The predicted octanol–water partition coefficient (Wildman–Crippen LogP) is 2.21. The molecule has 0 saturated carbocycles. The number of aromatic nitrogens is 1. The van der Waals surface area contributed by atoms with Crippen LogP contribution in [0.5, 0.6) is 0 Å². The highest BCUT2D eigenvalue weighted by molar-refractivity contribution is 7.92. The van der Waals surface area contributed by atoms with Gasteiger partial charge in [0.05, 0.1) is 17.0 Å². The minimum absolute atomic E-state index is 0.168. The molecule has 0 radical (unpaired) electrons. The molecule has 0 aliphatic carbocycles. The lowest BCUT2D eigenvalue weighted by atomic mass is 10.2. The van der Waals surface area contributed by atoms with Gasteiger partial charge in [-0.1, -0.05) is 0 Å². The van der Waals surface area contributed by atoms with E-state index in [-0.39, 0.29) is 5.91 Å². The van der Waals surface area contributed by atoms with Crippen molar-refractivity contribution >= 4 is 33.0 Å². The maximum absolute atomic E-state index is 12.1. The molecule has 2 rings (SSSR count). The first-order valence-corrected chi connectivity index (χ1v) is 10.2. The Kier molecular flexibility index (Phi) is 5.95. The fourth-order valence-electron chi connectivity index (χ4n) is 2.08. The number of rotatable bonds is 7. The molecule has 1 aromatic carbocycles. The number of amides is 1. The number of nitrogens with zero attached hydrogens (tertiary/aromatic N) is 2. The number of aryl methyl sites for hydroxylation is 2. The summed E-state index contributed by atoms with van der Waals surface area (Å²) in [4.78, 5) is 16.5. The van der Waals surface area contributed by atoms with Crippen LogP contribution in [0.2, 0.25) is 0 Å². The van der Waals surface area contributed by atoms with Crippen LogP contribution in [0.25, 0.3) is 0 Å². The van der Waals surface area contributed by atoms with Gasteiger partial charge in [0.15, 0.2) is 0 Å². The van der Waals surface area contributed by atoms with Crippen LogP contribution in [-0.4, -0.2) is 39.2 Å². The number of sulfonamides is 1. The number of benzene rings is 1. The first kappa shape index (κ1) is 18.4. The summed E-state index contributed by atoms with van der Waals surface area (Å²) in [7, 11) is -1.83. The summed E-state index contributed by atoms with van der Waals surface area (Å²) in [6.07, 6.45) is 2.81. The molecule has 6 nitrogen and oxygen atoms in total. The minimum atomic E-state index is -3.30. The van der Waals surface area contributed by atoms with Crippen molar-refractivity contribution < 1.29 is 13.2 Å². The van der Waals surface area contributed by atoms with Crippen LogP contribution >= 0.6 is 11.3 Å². The van der Waals surface area contributed by atoms with Gasteiger partial charge in [0.25, 0.3) is 5.91 Å². The SMILES string of the molecule is Cc1csc(CCCNC(=O)c2ccc(N(C)S(C)(=O)=O)cc2)n1. The summed E-state index contributed by atoms with van der Waals surface area (Å²) in [6, 6.07) is 6.48. The van der Waals surface area contributed by atoms with Crippen molar-refractivity contribution in [1.29, 1.82) is 0 Å². The van der Waals surface area contributed by atoms with Crippen molar-refractivity contribution in [2.24, 2.45) is 0 Å². The molecule has 24 heavy (non-hydrogen) atoms. The quantitative estimate of drug-likeness (QED) is 0.761. The molecule has 0 fully saturated rings. The Balaban J connectivity index is 1.84. The van der Waals surface area contributed by atoms with Gasteiger partial charge in [-0.25, -0.2) is 13.4 Å². The lowest BCUT2D eigenvalue weighted by molar-refractivity contribution is 0.0953. The molecule has 130 valence electrons. The normalized spacial score (nSPS) is 11.3. The topological polar surface area (TPSA) is 79.4 Å². The van der Waals surface area contributed by atoms with Gasteiger partial charge in [0.2, 0.25) is 10.0 Å². The van der Waals surface area contributed by atoms with Crippen molar-refractivity contribution in [3.05, 3.63) is 45.9 Å². The third-order valence-electron chi connectivity index (χ3n) is 3.51. The Labute approximate surface area is 146 Å². The van der Waals surface area contributed by atoms with Crippen molar-refractivity contribution in [2.75, 3.05) is 24.2 Å². The first-order valence-electron chi connectivity index (χ1n) is 7.50. The van der Waals surface area contributed by atoms with E-state index in [9.17, 15) is 13.2 Å². The molecule has 0 spiro atoms. The van der Waals surface area contributed by atoms with Gasteiger partial charge in [-0.15, -0.1) is 11.3 Å². The zero-order valence-corrected chi connectivity index (χ0v) is 15.6. The maximum atomic E-state index is 12.1. The summed E-state index contributed by atoms with van der Waals surface area (Å²) in [5.41, 5.74) is 2.05. The second kappa shape index (κ2) is 7.76. The number of thiazole rings is 1. The molecule has 0 unspecified atom stereocenters. The van der Waals surface area contributed by atoms with E-state index in [1.165, 1.54) is 11.4 Å². The fraction of sp³-hybridized carbons (Fsp3) is 0.375. The Bertz CT molecular complexity index is 798. The maximum Gasteiger partial charge on any atom is 0.251 e. The van der Waals surface area contributed by atoms with E-state index >= 15 is 0 Å². The number of anilines is 1. The molecule has 0 aliphatic rings. The van der Waals surface area contributed by atoms with Crippen LogP contribution in [0.4, 0.5) is 5.69 Å². The van der Waals surface area contributed by atoms with E-state index in [4.69, 9.17) is 0 Å². The van der Waals surface area contributed by atoms with E-state index in [1.54, 1.807) is 35.6 Å². The van der Waals surface area contributed by atoms with E-state index in [1.807, 2.05) is 12.3 Å². The van der Waals surface area contributed by atoms with Gasteiger partial charge in [0.1, 0.15) is 0 Å². The van der Waals surface area contributed by atoms with Gasteiger partial charge in [-0.05, 0) is 37.6 Å². The molecule has 1 heterocycles. The van der Waals surface area contributed by atoms with Gasteiger partial charge < -0.3 is 5.32 Å². The second-order valence-electron chi connectivity index (χ2n) is 5.52. The highest BCUT2D eigenvalue weighted by Crippen LogP contribution is 2.16. The van der Waals surface area contributed by atoms with Crippen molar-refractivity contribution in [3.63, 3.8) is 0 Å². The Morgan fingerprint density at radius 3 is 2.50 bits per heavy atom. The first-order chi connectivity index (χ1) is 11.3.